The number of methoxy groups -OCH3 is 3. The van der Waals surface area contributed by atoms with Crippen LogP contribution in [0.3, 0.4) is 0 Å². The third-order valence-corrected chi connectivity index (χ3v) is 4.81. The molecular weight excluding hydrogens is 358 g/mol. The molecule has 0 spiro atoms. The van der Waals surface area contributed by atoms with Crippen LogP contribution in [-0.4, -0.2) is 44.7 Å². The van der Waals surface area contributed by atoms with Crippen LogP contribution in [0.25, 0.3) is 0 Å². The maximum absolute atomic E-state index is 12.5. The lowest BCUT2D eigenvalue weighted by Crippen LogP contribution is -2.28. The Hall–Kier alpha value is -2.81. The number of thiazole rings is 1. The number of nitrogens with one attached hydrogen (secondary N) is 1. The minimum absolute atomic E-state index is 0.133. The van der Waals surface area contributed by atoms with Crippen molar-refractivity contribution in [2.24, 2.45) is 5.92 Å². The Morgan fingerprint density at radius 2 is 1.92 bits per heavy atom. The van der Waals surface area contributed by atoms with Crippen LogP contribution in [0.5, 0.6) is 17.2 Å². The van der Waals surface area contributed by atoms with Crippen molar-refractivity contribution >= 4 is 34.0 Å². The van der Waals surface area contributed by atoms with E-state index < -0.39 is 5.92 Å². The monoisotopic (exact) mass is 377 g/mol. The second-order valence-corrected chi connectivity index (χ2v) is 6.51. The van der Waals surface area contributed by atoms with E-state index in [0.717, 1.165) is 0 Å². The van der Waals surface area contributed by atoms with Crippen LogP contribution < -0.4 is 24.4 Å². The maximum Gasteiger partial charge on any atom is 0.231 e. The Labute approximate surface area is 154 Å². The number of amides is 2. The number of hydrogen-bond donors (Lipinski definition) is 1. The Kier molecular flexibility index (Phi) is 5.27. The molecule has 1 aromatic heterocycles. The first-order valence-electron chi connectivity index (χ1n) is 7.88. The number of nitrogens with zero attached hydrogens (tertiary/aromatic N) is 2. The van der Waals surface area contributed by atoms with E-state index >= 15 is 0 Å². The summed E-state index contributed by atoms with van der Waals surface area (Å²) in [7, 11) is 4.54. The molecule has 3 rings (SSSR count). The summed E-state index contributed by atoms with van der Waals surface area (Å²) < 4.78 is 16.0. The van der Waals surface area contributed by atoms with Crippen molar-refractivity contribution in [3.8, 4) is 17.2 Å². The van der Waals surface area contributed by atoms with Gasteiger partial charge in [0.1, 0.15) is 0 Å². The van der Waals surface area contributed by atoms with Crippen LogP contribution in [-0.2, 0) is 9.59 Å². The Morgan fingerprint density at radius 3 is 2.46 bits per heavy atom. The second-order valence-electron chi connectivity index (χ2n) is 5.62. The molecule has 0 bridgehead atoms. The van der Waals surface area contributed by atoms with Crippen molar-refractivity contribution in [3.63, 3.8) is 0 Å². The lowest BCUT2D eigenvalue weighted by Gasteiger charge is -2.20. The fourth-order valence-corrected chi connectivity index (χ4v) is 3.38. The molecule has 138 valence electrons. The number of hydrogen-bond acceptors (Lipinski definition) is 7. The molecule has 1 unspecified atom stereocenters. The van der Waals surface area contributed by atoms with Gasteiger partial charge in [-0.2, -0.15) is 0 Å². The largest absolute Gasteiger partial charge is 0.493 e. The quantitative estimate of drug-likeness (QED) is 0.830. The van der Waals surface area contributed by atoms with Crippen molar-refractivity contribution in [2.45, 2.75) is 6.42 Å². The first-order valence-corrected chi connectivity index (χ1v) is 8.76. The summed E-state index contributed by atoms with van der Waals surface area (Å²) in [6.07, 6.45) is 1.75. The van der Waals surface area contributed by atoms with E-state index in [1.807, 2.05) is 0 Å². The van der Waals surface area contributed by atoms with Gasteiger partial charge in [-0.25, -0.2) is 4.98 Å². The van der Waals surface area contributed by atoms with Gasteiger partial charge in [-0.1, -0.05) is 0 Å². The van der Waals surface area contributed by atoms with E-state index in [2.05, 4.69) is 10.3 Å². The van der Waals surface area contributed by atoms with Gasteiger partial charge in [0.15, 0.2) is 16.6 Å². The molecule has 1 aliphatic heterocycles. The number of anilines is 2. The third-order valence-electron chi connectivity index (χ3n) is 4.12. The molecule has 2 aromatic rings. The maximum atomic E-state index is 12.5. The standard InChI is InChI=1S/C17H19N3O5S/c1-23-12-7-11(8-13(24-2)15(12)25-3)20-9-10(6-14(20)21)16(22)19-17-18-4-5-26-17/h4-5,7-8,10H,6,9H2,1-3H3,(H,18,19,22). The third kappa shape index (κ3) is 3.43. The Morgan fingerprint density at radius 1 is 1.23 bits per heavy atom. The number of benzene rings is 1. The lowest BCUT2D eigenvalue weighted by atomic mass is 10.1. The molecule has 1 fully saturated rings. The molecule has 1 N–H and O–H groups in total. The van der Waals surface area contributed by atoms with E-state index in [4.69, 9.17) is 14.2 Å². The van der Waals surface area contributed by atoms with Gasteiger partial charge in [0.05, 0.1) is 32.9 Å². The molecule has 2 amide bonds. The highest BCUT2D eigenvalue weighted by atomic mass is 32.1. The SMILES string of the molecule is COc1cc(N2CC(C(=O)Nc3nccs3)CC2=O)cc(OC)c1OC. The van der Waals surface area contributed by atoms with Crippen molar-refractivity contribution < 1.29 is 23.8 Å². The highest BCUT2D eigenvalue weighted by Gasteiger charge is 2.36. The first kappa shape index (κ1) is 18.0. The van der Waals surface area contributed by atoms with E-state index in [1.165, 1.54) is 32.7 Å². The van der Waals surface area contributed by atoms with Gasteiger partial charge in [-0.15, -0.1) is 11.3 Å². The van der Waals surface area contributed by atoms with E-state index in [9.17, 15) is 9.59 Å². The van der Waals surface area contributed by atoms with Crippen LogP contribution in [0.1, 0.15) is 6.42 Å². The predicted molar refractivity (Wildman–Crippen MR) is 97.3 cm³/mol. The van der Waals surface area contributed by atoms with Crippen LogP contribution in [0.4, 0.5) is 10.8 Å². The van der Waals surface area contributed by atoms with E-state index in [-0.39, 0.29) is 24.8 Å². The normalized spacial score (nSPS) is 16.5. The number of aromatic nitrogens is 1. The first-order chi connectivity index (χ1) is 12.6. The second kappa shape index (κ2) is 7.61. The van der Waals surface area contributed by atoms with Crippen molar-refractivity contribution in [2.75, 3.05) is 38.1 Å². The predicted octanol–water partition coefficient (Wildman–Crippen LogP) is 2.16. The van der Waals surface area contributed by atoms with Crippen LogP contribution in [0, 0.1) is 5.92 Å². The van der Waals surface area contributed by atoms with Gasteiger partial charge in [-0.05, 0) is 0 Å². The van der Waals surface area contributed by atoms with Gasteiger partial charge in [0, 0.05) is 36.7 Å². The molecule has 0 radical (unpaired) electrons. The van der Waals surface area contributed by atoms with Crippen molar-refractivity contribution in [3.05, 3.63) is 23.7 Å². The fourth-order valence-electron chi connectivity index (χ4n) is 2.85. The molecule has 2 heterocycles. The highest BCUT2D eigenvalue weighted by Crippen LogP contribution is 2.42. The highest BCUT2D eigenvalue weighted by molar-refractivity contribution is 7.13. The zero-order valence-corrected chi connectivity index (χ0v) is 15.5. The summed E-state index contributed by atoms with van der Waals surface area (Å²) in [5.41, 5.74) is 0.592. The average molecular weight is 377 g/mol. The van der Waals surface area contributed by atoms with Gasteiger partial charge >= 0.3 is 0 Å². The smallest absolute Gasteiger partial charge is 0.231 e. The number of carbonyl (C=O) groups excluding carboxylic acids is 2. The summed E-state index contributed by atoms with van der Waals surface area (Å²) in [4.78, 5) is 30.4. The minimum Gasteiger partial charge on any atom is -0.493 e. The van der Waals surface area contributed by atoms with E-state index in [0.29, 0.717) is 28.1 Å². The molecule has 1 aliphatic rings. The summed E-state index contributed by atoms with van der Waals surface area (Å²) in [6.45, 7) is 0.272. The van der Waals surface area contributed by atoms with Crippen LogP contribution in [0.15, 0.2) is 23.7 Å². The van der Waals surface area contributed by atoms with Crippen molar-refractivity contribution in [1.29, 1.82) is 0 Å². The molecule has 1 atom stereocenters. The zero-order chi connectivity index (χ0) is 18.7. The average Bonchev–Trinajstić information content (AvgIpc) is 3.29. The van der Waals surface area contributed by atoms with Crippen LogP contribution in [0.2, 0.25) is 0 Å². The molecule has 9 heteroatoms. The molecule has 1 saturated heterocycles. The fraction of sp³-hybridized carbons (Fsp3) is 0.353. The number of carbonyl (C=O) groups is 2. The summed E-state index contributed by atoms with van der Waals surface area (Å²) in [5, 5.41) is 5.04. The van der Waals surface area contributed by atoms with Gasteiger partial charge < -0.3 is 24.4 Å². The molecule has 0 saturated carbocycles. The van der Waals surface area contributed by atoms with Crippen molar-refractivity contribution in [1.82, 2.24) is 4.98 Å². The molecule has 26 heavy (non-hydrogen) atoms. The lowest BCUT2D eigenvalue weighted by molar-refractivity contribution is -0.122. The zero-order valence-electron chi connectivity index (χ0n) is 14.6. The minimum atomic E-state index is -0.453. The molecule has 8 nitrogen and oxygen atoms in total. The Bertz CT molecular complexity index is 784. The number of ether oxygens (including phenoxy) is 3. The molecule has 1 aromatic carbocycles. The topological polar surface area (TPSA) is 90.0 Å². The Balaban J connectivity index is 1.81. The molecule has 0 aliphatic carbocycles. The summed E-state index contributed by atoms with van der Waals surface area (Å²) >= 11 is 1.33. The van der Waals surface area contributed by atoms with Gasteiger partial charge in [0.2, 0.25) is 17.6 Å². The number of rotatable bonds is 6. The van der Waals surface area contributed by atoms with Crippen LogP contribution >= 0.6 is 11.3 Å². The van der Waals surface area contributed by atoms with Gasteiger partial charge in [0.25, 0.3) is 0 Å². The summed E-state index contributed by atoms with van der Waals surface area (Å²) in [5.74, 6) is 0.534. The van der Waals surface area contributed by atoms with Gasteiger partial charge in [-0.3, -0.25) is 9.59 Å². The molecular formula is C17H19N3O5S. The van der Waals surface area contributed by atoms with E-state index in [1.54, 1.807) is 28.6 Å². The summed E-state index contributed by atoms with van der Waals surface area (Å²) in [6, 6.07) is 3.39.